The molecule has 0 bridgehead atoms. The molecule has 0 spiro atoms. The summed E-state index contributed by atoms with van der Waals surface area (Å²) in [6.07, 6.45) is 2.20. The topological polar surface area (TPSA) is 40.1 Å². The summed E-state index contributed by atoms with van der Waals surface area (Å²) in [7, 11) is 0. The Labute approximate surface area is 59.7 Å². The van der Waals surface area contributed by atoms with E-state index < -0.39 is 5.97 Å². The Balaban J connectivity index is 2.33. The predicted molar refractivity (Wildman–Crippen MR) is 35.1 cm³/mol. The van der Waals surface area contributed by atoms with E-state index in [9.17, 15) is 9.90 Å². The fraction of sp³-hybridized carbons (Fsp3) is 0.833. The van der Waals surface area contributed by atoms with Crippen molar-refractivity contribution in [3.63, 3.8) is 0 Å². The molecule has 0 aromatic heterocycles. The van der Waals surface area contributed by atoms with Crippen molar-refractivity contribution in [2.45, 2.75) is 19.3 Å². The fourth-order valence-electron chi connectivity index (χ4n) is 0.874. The van der Waals surface area contributed by atoms with Crippen molar-refractivity contribution in [2.75, 3.05) is 5.75 Å². The van der Waals surface area contributed by atoms with Gasteiger partial charge in [-0.25, -0.2) is 0 Å². The summed E-state index contributed by atoms with van der Waals surface area (Å²) in [5.74, 6) is -0.261. The van der Waals surface area contributed by atoms with Gasteiger partial charge in [0.1, 0.15) is 0 Å². The zero-order valence-electron chi connectivity index (χ0n) is 5.09. The monoisotopic (exact) mass is 145 g/mol. The quantitative estimate of drug-likeness (QED) is 0.560. The minimum Gasteiger partial charge on any atom is -0.550 e. The predicted octanol–water partition coefficient (Wildman–Crippen LogP) is -0.164. The van der Waals surface area contributed by atoms with Gasteiger partial charge >= 0.3 is 0 Å². The van der Waals surface area contributed by atoms with Crippen LogP contribution in [0.1, 0.15) is 19.3 Å². The molecule has 0 N–H and O–H groups in total. The Morgan fingerprint density at radius 2 is 2.22 bits per heavy atom. The van der Waals surface area contributed by atoms with Gasteiger partial charge in [0.2, 0.25) is 0 Å². The highest BCUT2D eigenvalue weighted by molar-refractivity contribution is 7.80. The number of rotatable bonds is 3. The van der Waals surface area contributed by atoms with E-state index in [1.165, 1.54) is 0 Å². The van der Waals surface area contributed by atoms with Gasteiger partial charge in [-0.05, 0) is 30.4 Å². The molecule has 3 heteroatoms. The molecule has 0 amide bonds. The molecule has 0 saturated heterocycles. The maximum absolute atomic E-state index is 10.1. The Hall–Kier alpha value is -0.180. The molecule has 52 valence electrons. The summed E-state index contributed by atoms with van der Waals surface area (Å²) in [6, 6.07) is 0. The third kappa shape index (κ3) is 1.61. The van der Waals surface area contributed by atoms with Crippen LogP contribution in [-0.2, 0) is 4.79 Å². The maximum Gasteiger partial charge on any atom is 0.0420 e. The first kappa shape index (κ1) is 6.93. The van der Waals surface area contributed by atoms with Crippen molar-refractivity contribution in [1.29, 1.82) is 0 Å². The summed E-state index contributed by atoms with van der Waals surface area (Å²) in [4.78, 5) is 10.1. The number of carbonyl (C=O) groups is 1. The molecule has 0 unspecified atom stereocenters. The smallest absolute Gasteiger partial charge is 0.0420 e. The lowest BCUT2D eigenvalue weighted by Crippen LogP contribution is -2.26. The van der Waals surface area contributed by atoms with Crippen molar-refractivity contribution < 1.29 is 9.90 Å². The van der Waals surface area contributed by atoms with Crippen molar-refractivity contribution >= 4 is 18.6 Å². The second-order valence-electron chi connectivity index (χ2n) is 2.71. The van der Waals surface area contributed by atoms with Crippen LogP contribution in [0.3, 0.4) is 0 Å². The zero-order chi connectivity index (χ0) is 6.91. The van der Waals surface area contributed by atoms with E-state index in [4.69, 9.17) is 0 Å². The number of aliphatic carboxylic acids is 1. The van der Waals surface area contributed by atoms with Gasteiger partial charge in [-0.2, -0.15) is 12.6 Å². The molecule has 2 nitrogen and oxygen atoms in total. The van der Waals surface area contributed by atoms with Crippen LogP contribution in [0.2, 0.25) is 0 Å². The molecular formula is C6H9O2S-. The number of thiol groups is 1. The molecule has 0 radical (unpaired) electrons. The van der Waals surface area contributed by atoms with E-state index in [0.717, 1.165) is 12.8 Å². The van der Waals surface area contributed by atoms with Gasteiger partial charge in [0.05, 0.1) is 0 Å². The number of carbonyl (C=O) groups excluding carboxylic acids is 1. The first-order valence-electron chi connectivity index (χ1n) is 2.99. The molecule has 0 aliphatic heterocycles. The SMILES string of the molecule is O=C([O-])CC1(CS)CC1. The number of hydrogen-bond donors (Lipinski definition) is 1. The molecule has 1 fully saturated rings. The lowest BCUT2D eigenvalue weighted by molar-refractivity contribution is -0.307. The van der Waals surface area contributed by atoms with Crippen LogP contribution in [-0.4, -0.2) is 11.7 Å². The van der Waals surface area contributed by atoms with Crippen LogP contribution in [0.15, 0.2) is 0 Å². The lowest BCUT2D eigenvalue weighted by atomic mass is 10.1. The van der Waals surface area contributed by atoms with Crippen molar-refractivity contribution in [1.82, 2.24) is 0 Å². The van der Waals surface area contributed by atoms with E-state index >= 15 is 0 Å². The highest BCUT2D eigenvalue weighted by Crippen LogP contribution is 2.49. The standard InChI is InChI=1S/C6H10O2S/c7-5(8)3-6(4-9)1-2-6/h9H,1-4H2,(H,7,8)/p-1. The third-order valence-electron chi connectivity index (χ3n) is 1.81. The summed E-state index contributed by atoms with van der Waals surface area (Å²) < 4.78 is 0. The zero-order valence-corrected chi connectivity index (χ0v) is 5.99. The van der Waals surface area contributed by atoms with Gasteiger partial charge < -0.3 is 9.90 Å². The Kier molecular flexibility index (Phi) is 1.70. The largest absolute Gasteiger partial charge is 0.550 e. The van der Waals surface area contributed by atoms with E-state index in [1.54, 1.807) is 0 Å². The van der Waals surface area contributed by atoms with E-state index in [2.05, 4.69) is 12.6 Å². The summed E-state index contributed by atoms with van der Waals surface area (Å²) in [6.45, 7) is 0. The van der Waals surface area contributed by atoms with Crippen molar-refractivity contribution in [3.05, 3.63) is 0 Å². The van der Waals surface area contributed by atoms with E-state index in [1.807, 2.05) is 0 Å². The highest BCUT2D eigenvalue weighted by atomic mass is 32.1. The number of carboxylic acids is 1. The molecule has 1 aliphatic rings. The fourth-order valence-corrected chi connectivity index (χ4v) is 1.30. The van der Waals surface area contributed by atoms with Crippen LogP contribution in [0.5, 0.6) is 0 Å². The molecule has 0 heterocycles. The molecule has 0 aromatic carbocycles. The molecular weight excluding hydrogens is 136 g/mol. The van der Waals surface area contributed by atoms with Crippen LogP contribution >= 0.6 is 12.6 Å². The second kappa shape index (κ2) is 2.21. The van der Waals surface area contributed by atoms with Crippen LogP contribution in [0.4, 0.5) is 0 Å². The highest BCUT2D eigenvalue weighted by Gasteiger charge is 2.40. The van der Waals surface area contributed by atoms with Crippen LogP contribution in [0.25, 0.3) is 0 Å². The summed E-state index contributed by atoms with van der Waals surface area (Å²) in [5.41, 5.74) is 0.0158. The number of carboxylic acid groups (broad SMARTS) is 1. The van der Waals surface area contributed by atoms with Crippen LogP contribution < -0.4 is 5.11 Å². The average molecular weight is 145 g/mol. The van der Waals surface area contributed by atoms with E-state index in [-0.39, 0.29) is 11.8 Å². The Bertz CT molecular complexity index is 129. The van der Waals surface area contributed by atoms with Gasteiger partial charge in [0.15, 0.2) is 0 Å². The number of hydrogen-bond acceptors (Lipinski definition) is 3. The first-order chi connectivity index (χ1) is 4.18. The van der Waals surface area contributed by atoms with Gasteiger partial charge in [0.25, 0.3) is 0 Å². The molecule has 1 aliphatic carbocycles. The van der Waals surface area contributed by atoms with Gasteiger partial charge in [-0.3, -0.25) is 0 Å². The van der Waals surface area contributed by atoms with Gasteiger partial charge in [-0.1, -0.05) is 0 Å². The maximum atomic E-state index is 10.1. The normalized spacial score (nSPS) is 21.4. The second-order valence-corrected chi connectivity index (χ2v) is 3.02. The van der Waals surface area contributed by atoms with Crippen molar-refractivity contribution in [2.24, 2.45) is 5.41 Å². The first-order valence-corrected chi connectivity index (χ1v) is 3.62. The Morgan fingerprint density at radius 3 is 2.33 bits per heavy atom. The lowest BCUT2D eigenvalue weighted by Gasteiger charge is -2.10. The molecule has 9 heavy (non-hydrogen) atoms. The molecule has 1 saturated carbocycles. The van der Waals surface area contributed by atoms with Crippen LogP contribution in [0, 0.1) is 5.41 Å². The van der Waals surface area contributed by atoms with Gasteiger partial charge in [0, 0.05) is 5.97 Å². The Morgan fingerprint density at radius 1 is 1.67 bits per heavy atom. The van der Waals surface area contributed by atoms with Gasteiger partial charge in [-0.15, -0.1) is 0 Å². The van der Waals surface area contributed by atoms with Crippen molar-refractivity contribution in [3.8, 4) is 0 Å². The molecule has 0 atom stereocenters. The third-order valence-corrected chi connectivity index (χ3v) is 2.48. The summed E-state index contributed by atoms with van der Waals surface area (Å²) >= 11 is 4.05. The molecule has 1 rings (SSSR count). The molecule has 0 aromatic rings. The minimum atomic E-state index is -0.943. The van der Waals surface area contributed by atoms with E-state index in [0.29, 0.717) is 5.75 Å². The summed E-state index contributed by atoms with van der Waals surface area (Å²) in [5, 5.41) is 10.1. The minimum absolute atomic E-state index is 0.0158. The average Bonchev–Trinajstić information content (AvgIpc) is 2.48.